The number of likely N-dealkylation sites (tertiary alicyclic amines) is 1. The smallest absolute Gasteiger partial charge is 0.410 e. The van der Waals surface area contributed by atoms with Crippen LogP contribution in [0.3, 0.4) is 0 Å². The van der Waals surface area contributed by atoms with Crippen molar-refractivity contribution in [1.82, 2.24) is 9.88 Å². The summed E-state index contributed by atoms with van der Waals surface area (Å²) >= 11 is 3.07. The van der Waals surface area contributed by atoms with Crippen molar-refractivity contribution in [2.75, 3.05) is 20.2 Å². The highest BCUT2D eigenvalue weighted by molar-refractivity contribution is 9.10. The van der Waals surface area contributed by atoms with Crippen LogP contribution in [0, 0.1) is 15.9 Å². The first-order valence-corrected chi connectivity index (χ1v) is 9.68. The number of carbonyl (C=O) groups is 2. The van der Waals surface area contributed by atoms with Crippen molar-refractivity contribution in [1.29, 1.82) is 0 Å². The predicted octanol–water partition coefficient (Wildman–Crippen LogP) is 3.71. The number of esters is 1. The average Bonchev–Trinajstić information content (AvgIpc) is 2.60. The number of fused-ring (bicyclic) bond motifs is 1. The fourth-order valence-corrected chi connectivity index (χ4v) is 3.81. The maximum Gasteiger partial charge on any atom is 0.410 e. The fourth-order valence-electron chi connectivity index (χ4n) is 3.46. The van der Waals surface area contributed by atoms with E-state index >= 15 is 0 Å². The molecule has 2 heterocycles. The number of nitrogens with zero attached hydrogens (tertiary/aromatic N) is 3. The maximum absolute atomic E-state index is 14.0. The van der Waals surface area contributed by atoms with E-state index in [1.807, 2.05) is 0 Å². The van der Waals surface area contributed by atoms with Crippen molar-refractivity contribution in [3.05, 3.63) is 44.3 Å². The number of rotatable bonds is 3. The van der Waals surface area contributed by atoms with Crippen molar-refractivity contribution < 1.29 is 28.4 Å². The molecule has 0 atom stereocenters. The van der Waals surface area contributed by atoms with Crippen LogP contribution in [0.4, 0.5) is 14.9 Å². The fraction of sp³-hybridized carbons (Fsp3) is 0.421. The number of nitro groups is 1. The number of carbonyl (C=O) groups excluding carboxylic acids is 2. The summed E-state index contributed by atoms with van der Waals surface area (Å²) in [5.74, 6) is -1.36. The Morgan fingerprint density at radius 1 is 1.33 bits per heavy atom. The van der Waals surface area contributed by atoms with Crippen LogP contribution in [0.25, 0.3) is 10.9 Å². The molecule has 2 aromatic rings. The van der Waals surface area contributed by atoms with Crippen LogP contribution >= 0.6 is 15.9 Å². The molecule has 0 spiro atoms. The normalized spacial score (nSPS) is 15.5. The van der Waals surface area contributed by atoms with Crippen LogP contribution in [0.5, 0.6) is 0 Å². The first kappa shape index (κ1) is 21.9. The number of ether oxygens (including phenoxy) is 2. The molecule has 1 fully saturated rings. The molecular formula is C19H19BrFN3O6. The van der Waals surface area contributed by atoms with Crippen LogP contribution < -0.4 is 0 Å². The molecule has 0 radical (unpaired) electrons. The van der Waals surface area contributed by atoms with Gasteiger partial charge in [0.15, 0.2) is 0 Å². The molecule has 1 aromatic carbocycles. The van der Waals surface area contributed by atoms with Crippen LogP contribution in [-0.4, -0.2) is 52.7 Å². The molecular weight excluding hydrogens is 465 g/mol. The lowest BCUT2D eigenvalue weighted by Gasteiger charge is -2.47. The third-order valence-electron chi connectivity index (χ3n) is 4.71. The molecule has 160 valence electrons. The second-order valence-electron chi connectivity index (χ2n) is 7.97. The van der Waals surface area contributed by atoms with Gasteiger partial charge in [-0.05, 0) is 42.8 Å². The van der Waals surface area contributed by atoms with Crippen molar-refractivity contribution in [3.8, 4) is 0 Å². The van der Waals surface area contributed by atoms with Crippen LogP contribution in [0.2, 0.25) is 0 Å². The van der Waals surface area contributed by atoms with Crippen molar-refractivity contribution in [3.63, 3.8) is 0 Å². The summed E-state index contributed by atoms with van der Waals surface area (Å²) < 4.78 is 24.3. The highest BCUT2D eigenvalue weighted by Gasteiger charge is 2.58. The number of methoxy groups -OCH3 is 1. The molecule has 30 heavy (non-hydrogen) atoms. The van der Waals surface area contributed by atoms with Gasteiger partial charge in [-0.25, -0.2) is 14.2 Å². The zero-order chi connectivity index (χ0) is 22.4. The Bertz CT molecular complexity index is 1060. The summed E-state index contributed by atoms with van der Waals surface area (Å²) in [5, 5.41) is 12.0. The van der Waals surface area contributed by atoms with Crippen molar-refractivity contribution >= 4 is 44.6 Å². The van der Waals surface area contributed by atoms with Crippen LogP contribution in [0.1, 0.15) is 26.3 Å². The summed E-state index contributed by atoms with van der Waals surface area (Å²) in [6.07, 6.45) is 0.321. The molecule has 1 amide bonds. The Kier molecular flexibility index (Phi) is 5.44. The number of benzene rings is 1. The lowest BCUT2D eigenvalue weighted by molar-refractivity contribution is -0.386. The molecule has 1 aliphatic rings. The average molecular weight is 484 g/mol. The van der Waals surface area contributed by atoms with E-state index in [1.165, 1.54) is 11.0 Å². The Morgan fingerprint density at radius 3 is 2.50 bits per heavy atom. The summed E-state index contributed by atoms with van der Waals surface area (Å²) in [4.78, 5) is 41.5. The number of aromatic nitrogens is 1. The molecule has 1 aromatic heterocycles. The van der Waals surface area contributed by atoms with Gasteiger partial charge in [-0.1, -0.05) is 0 Å². The highest BCUT2D eigenvalue weighted by atomic mass is 79.9. The van der Waals surface area contributed by atoms with Gasteiger partial charge >= 0.3 is 12.1 Å². The molecule has 0 aliphatic carbocycles. The molecule has 0 bridgehead atoms. The summed E-state index contributed by atoms with van der Waals surface area (Å²) in [7, 11) is 1.16. The summed E-state index contributed by atoms with van der Waals surface area (Å²) in [5.41, 5.74) is -2.54. The SMILES string of the molecule is COC(=O)C1(c2c([N+](=O)[O-])cnc3cc(F)c(Br)cc23)CN(C(=O)OC(C)(C)C)C1. The van der Waals surface area contributed by atoms with E-state index in [9.17, 15) is 24.1 Å². The molecule has 1 aliphatic heterocycles. The number of hydrogen-bond acceptors (Lipinski definition) is 7. The molecule has 11 heteroatoms. The van der Waals surface area contributed by atoms with Gasteiger partial charge in [0, 0.05) is 24.5 Å². The Balaban J connectivity index is 2.17. The lowest BCUT2D eigenvalue weighted by Crippen LogP contribution is -2.66. The molecule has 0 N–H and O–H groups in total. The quantitative estimate of drug-likeness (QED) is 0.371. The van der Waals surface area contributed by atoms with E-state index in [0.717, 1.165) is 19.4 Å². The lowest BCUT2D eigenvalue weighted by atomic mass is 9.72. The monoisotopic (exact) mass is 483 g/mol. The molecule has 9 nitrogen and oxygen atoms in total. The zero-order valence-corrected chi connectivity index (χ0v) is 18.3. The first-order valence-electron chi connectivity index (χ1n) is 8.88. The van der Waals surface area contributed by atoms with Crippen molar-refractivity contribution in [2.45, 2.75) is 31.8 Å². The minimum atomic E-state index is -1.52. The number of pyridine rings is 1. The molecule has 0 unspecified atom stereocenters. The number of amides is 1. The molecule has 1 saturated heterocycles. The van der Waals surface area contributed by atoms with Crippen molar-refractivity contribution in [2.24, 2.45) is 0 Å². The second kappa shape index (κ2) is 7.46. The Labute approximate surface area is 179 Å². The number of halogens is 2. The molecule has 0 saturated carbocycles. The summed E-state index contributed by atoms with van der Waals surface area (Å²) in [6.45, 7) is 4.72. The summed E-state index contributed by atoms with van der Waals surface area (Å²) in [6, 6.07) is 2.45. The van der Waals surface area contributed by atoms with E-state index in [1.54, 1.807) is 20.8 Å². The topological polar surface area (TPSA) is 112 Å². The Hall–Kier alpha value is -2.82. The minimum absolute atomic E-state index is 0.0184. The van der Waals surface area contributed by atoms with E-state index in [4.69, 9.17) is 9.47 Å². The second-order valence-corrected chi connectivity index (χ2v) is 8.82. The van der Waals surface area contributed by atoms with Gasteiger partial charge in [0.1, 0.15) is 23.0 Å². The van der Waals surface area contributed by atoms with E-state index in [2.05, 4.69) is 20.9 Å². The van der Waals surface area contributed by atoms with E-state index in [-0.39, 0.29) is 34.0 Å². The maximum atomic E-state index is 14.0. The van der Waals surface area contributed by atoms with Gasteiger partial charge in [0.25, 0.3) is 5.69 Å². The first-order chi connectivity index (χ1) is 13.9. The van der Waals surface area contributed by atoms with Gasteiger partial charge in [-0.3, -0.25) is 14.9 Å². The molecule has 3 rings (SSSR count). The minimum Gasteiger partial charge on any atom is -0.468 e. The van der Waals surface area contributed by atoms with Gasteiger partial charge < -0.3 is 14.4 Å². The zero-order valence-electron chi connectivity index (χ0n) is 16.7. The van der Waals surface area contributed by atoms with Gasteiger partial charge in [0.05, 0.1) is 27.6 Å². The Morgan fingerprint density at radius 2 is 1.97 bits per heavy atom. The third kappa shape index (κ3) is 3.69. The van der Waals surface area contributed by atoms with Gasteiger partial charge in [0.2, 0.25) is 0 Å². The van der Waals surface area contributed by atoms with Gasteiger partial charge in [-0.15, -0.1) is 0 Å². The third-order valence-corrected chi connectivity index (χ3v) is 5.32. The van der Waals surface area contributed by atoms with E-state index < -0.39 is 39.5 Å². The van der Waals surface area contributed by atoms with Crippen LogP contribution in [0.15, 0.2) is 22.8 Å². The standard InChI is InChI=1S/C19H19BrFN3O6/c1-18(2,3)30-17(26)23-8-19(9-23,16(25)29-4)15-10-5-11(20)12(21)6-13(10)22-7-14(15)24(27)28/h5-7H,8-9H2,1-4H3. The van der Waals surface area contributed by atoms with E-state index in [0.29, 0.717) is 0 Å². The predicted molar refractivity (Wildman–Crippen MR) is 108 cm³/mol. The largest absolute Gasteiger partial charge is 0.468 e. The van der Waals surface area contributed by atoms with Gasteiger partial charge in [-0.2, -0.15) is 0 Å². The number of hydrogen-bond donors (Lipinski definition) is 0. The highest BCUT2D eigenvalue weighted by Crippen LogP contribution is 2.45. The van der Waals surface area contributed by atoms with Crippen LogP contribution in [-0.2, 0) is 19.7 Å².